The lowest BCUT2D eigenvalue weighted by Crippen LogP contribution is -2.24. The van der Waals surface area contributed by atoms with Crippen LogP contribution in [-0.2, 0) is 11.3 Å². The number of hydrogen-bond acceptors (Lipinski definition) is 6. The van der Waals surface area contributed by atoms with Crippen LogP contribution in [0.3, 0.4) is 0 Å². The summed E-state index contributed by atoms with van der Waals surface area (Å²) in [7, 11) is 1.58. The highest BCUT2D eigenvalue weighted by atomic mass is 32.2. The average Bonchev–Trinajstić information content (AvgIpc) is 3.30. The fourth-order valence-corrected chi connectivity index (χ4v) is 4.34. The van der Waals surface area contributed by atoms with Crippen LogP contribution in [0.2, 0.25) is 0 Å². The summed E-state index contributed by atoms with van der Waals surface area (Å²) in [5.74, 6) is 1.03. The van der Waals surface area contributed by atoms with Gasteiger partial charge in [0.25, 0.3) is 5.91 Å². The number of para-hydroxylation sites is 1. The van der Waals surface area contributed by atoms with E-state index in [1.54, 1.807) is 31.4 Å². The third kappa shape index (κ3) is 5.92. The molecule has 0 aliphatic heterocycles. The normalized spacial score (nSPS) is 10.6. The highest BCUT2D eigenvalue weighted by Crippen LogP contribution is 2.26. The van der Waals surface area contributed by atoms with Gasteiger partial charge in [-0.05, 0) is 67.4 Å². The number of carbonyl (C=O) groups excluding carboxylic acids is 2. The molecule has 8 nitrogen and oxygen atoms in total. The first-order chi connectivity index (χ1) is 17.5. The minimum Gasteiger partial charge on any atom is -0.497 e. The van der Waals surface area contributed by atoms with Crippen LogP contribution in [0.15, 0.2) is 78.0 Å². The number of nitrogens with zero attached hydrogens (tertiary/aromatic N) is 3. The van der Waals surface area contributed by atoms with E-state index in [9.17, 15) is 9.59 Å². The molecular weight excluding hydrogens is 474 g/mol. The Morgan fingerprint density at radius 3 is 2.42 bits per heavy atom. The molecule has 0 unspecified atom stereocenters. The number of methoxy groups -OCH3 is 1. The van der Waals surface area contributed by atoms with Gasteiger partial charge in [-0.15, -0.1) is 10.2 Å². The van der Waals surface area contributed by atoms with Crippen molar-refractivity contribution < 1.29 is 14.3 Å². The summed E-state index contributed by atoms with van der Waals surface area (Å²) in [5, 5.41) is 15.1. The van der Waals surface area contributed by atoms with E-state index >= 15 is 0 Å². The minimum atomic E-state index is -0.232. The van der Waals surface area contributed by atoms with Gasteiger partial charge in [-0.3, -0.25) is 14.2 Å². The first-order valence-corrected chi connectivity index (χ1v) is 12.4. The highest BCUT2D eigenvalue weighted by molar-refractivity contribution is 7.99. The van der Waals surface area contributed by atoms with Crippen LogP contribution in [0.1, 0.15) is 27.3 Å². The number of hydrogen-bond donors (Lipinski definition) is 2. The number of aryl methyl sites for hydroxylation is 1. The lowest BCUT2D eigenvalue weighted by molar-refractivity contribution is -0.113. The maximum Gasteiger partial charge on any atom is 0.251 e. The zero-order valence-electron chi connectivity index (χ0n) is 20.3. The predicted molar refractivity (Wildman–Crippen MR) is 141 cm³/mol. The van der Waals surface area contributed by atoms with Crippen LogP contribution in [-0.4, -0.2) is 39.4 Å². The number of aromatic nitrogens is 3. The van der Waals surface area contributed by atoms with Gasteiger partial charge in [0.15, 0.2) is 11.0 Å². The number of amides is 2. The molecule has 0 atom stereocenters. The van der Waals surface area contributed by atoms with E-state index in [0.29, 0.717) is 22.3 Å². The Morgan fingerprint density at radius 1 is 0.944 bits per heavy atom. The molecule has 0 aliphatic rings. The topological polar surface area (TPSA) is 98.1 Å². The van der Waals surface area contributed by atoms with Crippen molar-refractivity contribution in [2.24, 2.45) is 0 Å². The number of ether oxygens (including phenoxy) is 1. The Morgan fingerprint density at radius 2 is 1.69 bits per heavy atom. The monoisotopic (exact) mass is 501 g/mol. The number of carbonyl (C=O) groups is 2. The van der Waals surface area contributed by atoms with Crippen LogP contribution < -0.4 is 15.4 Å². The second kappa shape index (κ2) is 11.5. The van der Waals surface area contributed by atoms with Crippen molar-refractivity contribution in [1.82, 2.24) is 20.1 Å². The van der Waals surface area contributed by atoms with Crippen LogP contribution >= 0.6 is 11.8 Å². The van der Waals surface area contributed by atoms with Crippen LogP contribution in [0.5, 0.6) is 5.75 Å². The summed E-state index contributed by atoms with van der Waals surface area (Å²) in [5.41, 5.74) is 4.34. The van der Waals surface area contributed by atoms with Gasteiger partial charge < -0.3 is 15.4 Å². The van der Waals surface area contributed by atoms with Gasteiger partial charge in [-0.2, -0.15) is 0 Å². The largest absolute Gasteiger partial charge is 0.497 e. The van der Waals surface area contributed by atoms with Gasteiger partial charge >= 0.3 is 0 Å². The van der Waals surface area contributed by atoms with Gasteiger partial charge in [0, 0.05) is 11.3 Å². The number of thioether (sulfide) groups is 1. The summed E-state index contributed by atoms with van der Waals surface area (Å²) < 4.78 is 7.06. The molecule has 0 spiro atoms. The minimum absolute atomic E-state index is 0.143. The van der Waals surface area contributed by atoms with Gasteiger partial charge in [-0.1, -0.05) is 42.1 Å². The first kappa shape index (κ1) is 25.0. The molecule has 1 aromatic heterocycles. The molecule has 0 saturated heterocycles. The van der Waals surface area contributed by atoms with Crippen LogP contribution in [0, 0.1) is 13.8 Å². The van der Waals surface area contributed by atoms with Crippen molar-refractivity contribution in [3.63, 3.8) is 0 Å². The number of anilines is 1. The van der Waals surface area contributed by atoms with E-state index in [2.05, 4.69) is 20.8 Å². The molecule has 1 heterocycles. The van der Waals surface area contributed by atoms with E-state index in [0.717, 1.165) is 22.5 Å². The summed E-state index contributed by atoms with van der Waals surface area (Å²) in [6.07, 6.45) is 0. The Bertz CT molecular complexity index is 1350. The lowest BCUT2D eigenvalue weighted by atomic mass is 10.1. The molecule has 9 heteroatoms. The Labute approximate surface area is 214 Å². The van der Waals surface area contributed by atoms with Crippen molar-refractivity contribution in [1.29, 1.82) is 0 Å². The molecule has 4 rings (SSSR count). The summed E-state index contributed by atoms with van der Waals surface area (Å²) in [4.78, 5) is 25.2. The molecule has 36 heavy (non-hydrogen) atoms. The van der Waals surface area contributed by atoms with Crippen LogP contribution in [0.4, 0.5) is 5.69 Å². The Hall–Kier alpha value is -4.11. The Kier molecular flexibility index (Phi) is 8.02. The van der Waals surface area contributed by atoms with Crippen LogP contribution in [0.25, 0.3) is 5.69 Å². The second-order valence-electron chi connectivity index (χ2n) is 8.07. The lowest BCUT2D eigenvalue weighted by Gasteiger charge is -2.15. The molecule has 2 amide bonds. The molecular formula is C27H27N5O3S. The van der Waals surface area contributed by atoms with E-state index in [1.165, 1.54) is 11.8 Å². The van der Waals surface area contributed by atoms with E-state index in [-0.39, 0.29) is 24.1 Å². The first-order valence-electron chi connectivity index (χ1n) is 11.4. The van der Waals surface area contributed by atoms with Crippen molar-refractivity contribution >= 4 is 29.3 Å². The highest BCUT2D eigenvalue weighted by Gasteiger charge is 2.19. The van der Waals surface area contributed by atoms with Crippen molar-refractivity contribution in [3.05, 3.63) is 95.3 Å². The average molecular weight is 502 g/mol. The van der Waals surface area contributed by atoms with Crippen molar-refractivity contribution in [2.45, 2.75) is 25.5 Å². The fraction of sp³-hybridized carbons (Fsp3) is 0.185. The molecule has 3 aromatic carbocycles. The van der Waals surface area contributed by atoms with Crippen molar-refractivity contribution in [2.75, 3.05) is 18.2 Å². The number of rotatable bonds is 9. The van der Waals surface area contributed by atoms with Crippen molar-refractivity contribution in [3.8, 4) is 11.4 Å². The van der Waals surface area contributed by atoms with Gasteiger partial charge in [0.2, 0.25) is 5.91 Å². The maximum atomic E-state index is 12.7. The molecule has 0 bridgehead atoms. The number of nitrogens with one attached hydrogen (secondary N) is 2. The molecule has 4 aromatic rings. The standard InChI is InChI=1S/C27H27N5O3S/c1-18-8-7-11-23(19(18)2)32-24(16-28-26(34)20-12-14-22(35-3)15-13-20)30-31-27(32)36-17-25(33)29-21-9-5-4-6-10-21/h4-15H,16-17H2,1-3H3,(H,28,34)(H,29,33). The molecule has 0 aliphatic carbocycles. The molecule has 184 valence electrons. The summed E-state index contributed by atoms with van der Waals surface area (Å²) in [6.45, 7) is 4.23. The zero-order valence-corrected chi connectivity index (χ0v) is 21.1. The van der Waals surface area contributed by atoms with Gasteiger partial charge in [0.1, 0.15) is 5.75 Å². The quantitative estimate of drug-likeness (QED) is 0.327. The molecule has 0 radical (unpaired) electrons. The third-order valence-corrected chi connectivity index (χ3v) is 6.60. The molecule has 0 fully saturated rings. The van der Waals surface area contributed by atoms with E-state index < -0.39 is 0 Å². The fourth-order valence-electron chi connectivity index (χ4n) is 3.58. The smallest absolute Gasteiger partial charge is 0.251 e. The molecule has 0 saturated carbocycles. The SMILES string of the molecule is COc1ccc(C(=O)NCc2nnc(SCC(=O)Nc3ccccc3)n2-c2cccc(C)c2C)cc1. The number of benzene rings is 3. The van der Waals surface area contributed by atoms with Gasteiger partial charge in [-0.25, -0.2) is 0 Å². The predicted octanol–water partition coefficient (Wildman–Crippen LogP) is 4.55. The molecule has 2 N–H and O–H groups in total. The summed E-state index contributed by atoms with van der Waals surface area (Å²) in [6, 6.07) is 22.2. The summed E-state index contributed by atoms with van der Waals surface area (Å²) >= 11 is 1.29. The van der Waals surface area contributed by atoms with E-state index in [1.807, 2.05) is 66.9 Å². The maximum absolute atomic E-state index is 12.7. The third-order valence-electron chi connectivity index (χ3n) is 5.67. The zero-order chi connectivity index (χ0) is 25.5. The Balaban J connectivity index is 1.53. The second-order valence-corrected chi connectivity index (χ2v) is 9.01. The van der Waals surface area contributed by atoms with E-state index in [4.69, 9.17) is 4.74 Å². The van der Waals surface area contributed by atoms with Gasteiger partial charge in [0.05, 0.1) is 25.1 Å².